The summed E-state index contributed by atoms with van der Waals surface area (Å²) in [5.41, 5.74) is 1.00. The summed E-state index contributed by atoms with van der Waals surface area (Å²) in [4.78, 5) is 27.5. The van der Waals surface area contributed by atoms with Crippen LogP contribution in [0.1, 0.15) is 18.6 Å². The molecule has 2 aromatic rings. The molecule has 0 bridgehead atoms. The van der Waals surface area contributed by atoms with E-state index in [4.69, 9.17) is 0 Å². The Bertz CT molecular complexity index is 645. The van der Waals surface area contributed by atoms with Crippen molar-refractivity contribution in [3.8, 4) is 0 Å². The highest BCUT2D eigenvalue weighted by Crippen LogP contribution is 2.20. The normalized spacial score (nSPS) is 14.3. The summed E-state index contributed by atoms with van der Waals surface area (Å²) in [7, 11) is 0. The van der Waals surface area contributed by atoms with Gasteiger partial charge in [-0.05, 0) is 24.6 Å². The summed E-state index contributed by atoms with van der Waals surface area (Å²) in [6.45, 7) is 1.72. The summed E-state index contributed by atoms with van der Waals surface area (Å²) in [6.07, 6.45) is -3.08. The molecular weight excluding hydrogens is 252 g/mol. The molecule has 0 amide bonds. The zero-order chi connectivity index (χ0) is 14.0. The highest BCUT2D eigenvalue weighted by atomic mass is 16.5. The number of nitrogens with one attached hydrogen (secondary N) is 2. The van der Waals surface area contributed by atoms with Crippen LogP contribution in [-0.4, -0.2) is 38.9 Å². The molecule has 7 heteroatoms. The maximum Gasteiger partial charge on any atom is 0.338 e. The number of carbonyl (C=O) groups excluding carboxylic acids is 1. The fraction of sp³-hybridized carbons (Fsp3) is 0.333. The van der Waals surface area contributed by atoms with E-state index in [-0.39, 0.29) is 12.3 Å². The first kappa shape index (κ1) is 13.3. The third-order valence-electron chi connectivity index (χ3n) is 2.71. The van der Waals surface area contributed by atoms with Crippen LogP contribution in [0.2, 0.25) is 0 Å². The van der Waals surface area contributed by atoms with Crippen molar-refractivity contribution in [3.05, 3.63) is 34.2 Å². The van der Waals surface area contributed by atoms with Crippen molar-refractivity contribution in [2.45, 2.75) is 19.1 Å². The van der Waals surface area contributed by atoms with Crippen molar-refractivity contribution in [1.82, 2.24) is 9.97 Å². The molecule has 0 aliphatic heterocycles. The van der Waals surface area contributed by atoms with E-state index < -0.39 is 18.2 Å². The van der Waals surface area contributed by atoms with Gasteiger partial charge in [-0.2, -0.15) is 0 Å². The van der Waals surface area contributed by atoms with E-state index >= 15 is 0 Å². The van der Waals surface area contributed by atoms with Crippen molar-refractivity contribution in [1.29, 1.82) is 0 Å². The summed E-state index contributed by atoms with van der Waals surface area (Å²) in [6, 6.07) is 4.57. The Morgan fingerprint density at radius 3 is 2.68 bits per heavy atom. The monoisotopic (exact) mass is 266 g/mol. The van der Waals surface area contributed by atoms with Gasteiger partial charge in [0.2, 0.25) is 0 Å². The van der Waals surface area contributed by atoms with Crippen LogP contribution < -0.4 is 5.69 Å². The number of aliphatic hydroxyl groups is 2. The number of ether oxygens (including phenoxy) is 1. The number of aromatic nitrogens is 2. The topological polar surface area (TPSA) is 115 Å². The van der Waals surface area contributed by atoms with Crippen LogP contribution in [0.25, 0.3) is 11.0 Å². The molecule has 2 rings (SSSR count). The van der Waals surface area contributed by atoms with Gasteiger partial charge in [0.25, 0.3) is 0 Å². The van der Waals surface area contributed by atoms with E-state index in [0.29, 0.717) is 16.6 Å². The molecule has 1 aromatic carbocycles. The molecule has 102 valence electrons. The van der Waals surface area contributed by atoms with Crippen LogP contribution in [0.5, 0.6) is 0 Å². The number of hydrogen-bond donors (Lipinski definition) is 4. The maximum atomic E-state index is 11.3. The minimum Gasteiger partial charge on any atom is -0.464 e. The van der Waals surface area contributed by atoms with Crippen molar-refractivity contribution in [2.24, 2.45) is 0 Å². The third-order valence-corrected chi connectivity index (χ3v) is 2.71. The van der Waals surface area contributed by atoms with Gasteiger partial charge in [-0.15, -0.1) is 0 Å². The minimum absolute atomic E-state index is 0.118. The number of benzene rings is 1. The van der Waals surface area contributed by atoms with Gasteiger partial charge in [0.05, 0.1) is 17.6 Å². The second-order valence-electron chi connectivity index (χ2n) is 4.03. The Morgan fingerprint density at radius 1 is 1.32 bits per heavy atom. The average Bonchev–Trinajstić information content (AvgIpc) is 2.76. The molecular formula is C12H14N2O5. The number of carbonyl (C=O) groups is 1. The Balaban J connectivity index is 2.27. The van der Waals surface area contributed by atoms with E-state index in [1.54, 1.807) is 13.0 Å². The number of aliphatic hydroxyl groups excluding tert-OH is 2. The number of rotatable bonds is 4. The smallest absolute Gasteiger partial charge is 0.338 e. The highest BCUT2D eigenvalue weighted by Gasteiger charge is 2.27. The maximum absolute atomic E-state index is 11.3. The average molecular weight is 266 g/mol. The van der Waals surface area contributed by atoms with Gasteiger partial charge in [0.1, 0.15) is 6.10 Å². The molecule has 0 spiro atoms. The van der Waals surface area contributed by atoms with Crippen LogP contribution in [0, 0.1) is 0 Å². The first-order valence-corrected chi connectivity index (χ1v) is 5.77. The van der Waals surface area contributed by atoms with Crippen LogP contribution in [0.15, 0.2) is 23.0 Å². The van der Waals surface area contributed by atoms with Crippen molar-refractivity contribution < 1.29 is 19.7 Å². The number of aromatic amines is 2. The number of hydrogen-bond acceptors (Lipinski definition) is 5. The molecule has 1 heterocycles. The summed E-state index contributed by atoms with van der Waals surface area (Å²) in [5.74, 6) is -0.891. The van der Waals surface area contributed by atoms with Crippen LogP contribution in [0.3, 0.4) is 0 Å². The lowest BCUT2D eigenvalue weighted by atomic mass is 10.0. The summed E-state index contributed by atoms with van der Waals surface area (Å²) < 4.78 is 4.62. The van der Waals surface area contributed by atoms with E-state index in [1.807, 2.05) is 0 Å². The molecule has 7 nitrogen and oxygen atoms in total. The third kappa shape index (κ3) is 2.67. The van der Waals surface area contributed by atoms with E-state index in [0.717, 1.165) is 0 Å². The molecule has 19 heavy (non-hydrogen) atoms. The Morgan fingerprint density at radius 2 is 2.00 bits per heavy atom. The van der Waals surface area contributed by atoms with Gasteiger partial charge in [-0.1, -0.05) is 6.07 Å². The lowest BCUT2D eigenvalue weighted by Gasteiger charge is -2.16. The van der Waals surface area contributed by atoms with Gasteiger partial charge in [0, 0.05) is 0 Å². The molecule has 0 aliphatic rings. The Labute approximate surface area is 107 Å². The number of imidazole rings is 1. The van der Waals surface area contributed by atoms with E-state index in [2.05, 4.69) is 14.7 Å². The predicted octanol–water partition coefficient (Wildman–Crippen LogP) is -0.186. The van der Waals surface area contributed by atoms with Gasteiger partial charge in [-0.25, -0.2) is 9.59 Å². The fourth-order valence-corrected chi connectivity index (χ4v) is 1.77. The fourth-order valence-electron chi connectivity index (χ4n) is 1.77. The molecule has 1 aromatic heterocycles. The zero-order valence-electron chi connectivity index (χ0n) is 10.2. The zero-order valence-corrected chi connectivity index (χ0v) is 10.2. The summed E-state index contributed by atoms with van der Waals surface area (Å²) in [5, 5.41) is 19.5. The minimum atomic E-state index is -1.66. The lowest BCUT2D eigenvalue weighted by Crippen LogP contribution is -2.29. The van der Waals surface area contributed by atoms with Crippen LogP contribution >= 0.6 is 0 Å². The van der Waals surface area contributed by atoms with Crippen molar-refractivity contribution in [2.75, 3.05) is 6.61 Å². The van der Waals surface area contributed by atoms with Crippen molar-refractivity contribution >= 4 is 17.0 Å². The Kier molecular flexibility index (Phi) is 3.68. The lowest BCUT2D eigenvalue weighted by molar-refractivity contribution is -0.159. The van der Waals surface area contributed by atoms with Gasteiger partial charge in [0.15, 0.2) is 6.10 Å². The van der Waals surface area contributed by atoms with Crippen molar-refractivity contribution in [3.63, 3.8) is 0 Å². The van der Waals surface area contributed by atoms with Crippen LogP contribution in [-0.2, 0) is 9.53 Å². The first-order chi connectivity index (χ1) is 9.02. The number of H-pyrrole nitrogens is 2. The standard InChI is InChI=1S/C12H14N2O5/c1-2-19-11(17)10(16)9(15)6-3-4-7-8(5-6)14-12(18)13-7/h3-5,9-10,15-16H,2H2,1H3,(H2,13,14,18). The number of fused-ring (bicyclic) bond motifs is 1. The molecule has 0 fully saturated rings. The molecule has 4 N–H and O–H groups in total. The second-order valence-corrected chi connectivity index (χ2v) is 4.03. The molecule has 2 unspecified atom stereocenters. The van der Waals surface area contributed by atoms with Crippen LogP contribution in [0.4, 0.5) is 0 Å². The van der Waals surface area contributed by atoms with Gasteiger partial charge >= 0.3 is 11.7 Å². The largest absolute Gasteiger partial charge is 0.464 e. The van der Waals surface area contributed by atoms with Gasteiger partial charge in [-0.3, -0.25) is 0 Å². The Hall–Kier alpha value is -2.12. The first-order valence-electron chi connectivity index (χ1n) is 5.77. The molecule has 0 saturated heterocycles. The number of esters is 1. The molecule has 0 radical (unpaired) electrons. The molecule has 2 atom stereocenters. The molecule has 0 saturated carbocycles. The van der Waals surface area contributed by atoms with Gasteiger partial charge < -0.3 is 24.9 Å². The van der Waals surface area contributed by atoms with E-state index in [9.17, 15) is 19.8 Å². The quantitative estimate of drug-likeness (QED) is 0.573. The highest BCUT2D eigenvalue weighted by molar-refractivity contribution is 5.77. The predicted molar refractivity (Wildman–Crippen MR) is 66.5 cm³/mol. The molecule has 0 aliphatic carbocycles. The SMILES string of the molecule is CCOC(=O)C(O)C(O)c1ccc2[nH]c(=O)[nH]c2c1. The second kappa shape index (κ2) is 5.25. The van der Waals surface area contributed by atoms with E-state index in [1.165, 1.54) is 12.1 Å². The summed E-state index contributed by atoms with van der Waals surface area (Å²) >= 11 is 0.